The maximum Gasteiger partial charge on any atom is 0.180 e. The molecule has 0 aliphatic carbocycles. The smallest absolute Gasteiger partial charge is 0.180 e. The molecule has 0 N–H and O–H groups in total. The summed E-state index contributed by atoms with van der Waals surface area (Å²) in [5, 5.41) is 13.7. The van der Waals surface area contributed by atoms with Gasteiger partial charge in [0.05, 0.1) is 39.6 Å². The number of rotatable bonds is 9. The molecule has 3 aliphatic rings. The fourth-order valence-corrected chi connectivity index (χ4v) is 20.2. The number of hydrogen-bond donors (Lipinski definition) is 0. The molecule has 17 aromatic carbocycles. The zero-order valence-corrected chi connectivity index (χ0v) is 71.5. The highest BCUT2D eigenvalue weighted by Crippen LogP contribution is 2.56. The molecular formula is C119H70N12O3. The van der Waals surface area contributed by atoms with Gasteiger partial charge in [0.15, 0.2) is 34.2 Å². The average Bonchev–Trinajstić information content (AvgIpc) is 1.10. The van der Waals surface area contributed by atoms with Crippen molar-refractivity contribution in [3.05, 3.63) is 425 Å². The Morgan fingerprint density at radius 3 is 1.06 bits per heavy atom. The van der Waals surface area contributed by atoms with Gasteiger partial charge in [0.25, 0.3) is 0 Å². The molecule has 0 saturated carbocycles. The van der Waals surface area contributed by atoms with Gasteiger partial charge in [-0.15, -0.1) is 0 Å². The fourth-order valence-electron chi connectivity index (χ4n) is 20.2. The maximum atomic E-state index is 6.41. The Hall–Kier alpha value is -18.5. The quantitative estimate of drug-likeness (QED) is 0.134. The molecule has 0 amide bonds. The first-order chi connectivity index (χ1) is 66.4. The summed E-state index contributed by atoms with van der Waals surface area (Å²) >= 11 is 0. The first kappa shape index (κ1) is 75.7. The van der Waals surface area contributed by atoms with E-state index in [1.807, 2.05) is 116 Å². The second-order valence-corrected chi connectivity index (χ2v) is 33.8. The summed E-state index contributed by atoms with van der Waals surface area (Å²) in [7, 11) is 0. The zero-order chi connectivity index (χ0) is 88.0. The third kappa shape index (κ3) is 12.3. The van der Waals surface area contributed by atoms with Crippen molar-refractivity contribution in [1.82, 2.24) is 44.9 Å². The van der Waals surface area contributed by atoms with Crippen LogP contribution in [0.25, 0.3) is 222 Å². The fraction of sp³-hybridized carbons (Fsp3) is 0. The van der Waals surface area contributed by atoms with E-state index in [4.69, 9.17) is 48.1 Å². The number of nitrogens with zero attached hydrogens (tertiary/aromatic N) is 12. The van der Waals surface area contributed by atoms with E-state index in [2.05, 4.69) is 316 Å². The molecule has 0 unspecified atom stereocenters. The summed E-state index contributed by atoms with van der Waals surface area (Å²) in [4.78, 5) is 50.8. The molecule has 624 valence electrons. The van der Waals surface area contributed by atoms with Crippen LogP contribution in [0, 0.1) is 0 Å². The molecule has 15 heteroatoms. The van der Waals surface area contributed by atoms with E-state index < -0.39 is 0 Å². The van der Waals surface area contributed by atoms with E-state index >= 15 is 0 Å². The van der Waals surface area contributed by atoms with E-state index in [1.54, 1.807) is 18.6 Å². The predicted molar refractivity (Wildman–Crippen MR) is 542 cm³/mol. The lowest BCUT2D eigenvalue weighted by atomic mass is 9.91. The van der Waals surface area contributed by atoms with E-state index in [-0.39, 0.29) is 0 Å². The Balaban J connectivity index is 0.000000102. The number of furan rings is 3. The van der Waals surface area contributed by atoms with Gasteiger partial charge in [-0.05, 0) is 213 Å². The topological polar surface area (TPSA) is 165 Å². The SMILES string of the molecule is c1ccc2c(c1)-c1cccc3cccc(c13)N2c1ccc(-c2nc(-c3cccc4cccnc34)c3oc4ccccc4c3n2)cc1.c1ccc2c(c1)-c1cccc3cccc(c13)N2c1ccc2cc(-c3nc(-c4ccncc4)c4oc5ccccc5c4n3)ccc2c1.c1cncc(-c2nc(-c3ccc(N4c5ccccc5-c5cccc6cccc4c56)cc3)nc3c2oc2ccccc23)c1. The molecule has 12 heterocycles. The minimum atomic E-state index is 0.639. The zero-order valence-electron chi connectivity index (χ0n) is 71.5. The van der Waals surface area contributed by atoms with Crippen LogP contribution in [0.3, 0.4) is 0 Å². The highest BCUT2D eigenvalue weighted by molar-refractivity contribution is 6.19. The van der Waals surface area contributed by atoms with Crippen LogP contribution in [0.1, 0.15) is 0 Å². The van der Waals surface area contributed by atoms with Gasteiger partial charge in [-0.1, -0.05) is 224 Å². The largest absolute Gasteiger partial charge is 0.452 e. The van der Waals surface area contributed by atoms with Gasteiger partial charge in [0.1, 0.15) is 50.4 Å². The van der Waals surface area contributed by atoms with Gasteiger partial charge >= 0.3 is 0 Å². The van der Waals surface area contributed by atoms with Crippen molar-refractivity contribution in [2.75, 3.05) is 14.7 Å². The second kappa shape index (κ2) is 30.6. The number of hydrogen-bond acceptors (Lipinski definition) is 15. The lowest BCUT2D eigenvalue weighted by Gasteiger charge is -2.33. The molecule has 134 heavy (non-hydrogen) atoms. The number of fused-ring (bicyclic) bond motifs is 17. The third-order valence-electron chi connectivity index (χ3n) is 26.2. The molecule has 9 aromatic heterocycles. The lowest BCUT2D eigenvalue weighted by Crippen LogP contribution is -2.14. The minimum Gasteiger partial charge on any atom is -0.452 e. The summed E-state index contributed by atoms with van der Waals surface area (Å²) in [6, 6.07) is 138. The van der Waals surface area contributed by atoms with Gasteiger partial charge in [-0.2, -0.15) is 0 Å². The van der Waals surface area contributed by atoms with Crippen molar-refractivity contribution in [3.63, 3.8) is 0 Å². The Bertz CT molecular complexity index is 9300. The van der Waals surface area contributed by atoms with Crippen LogP contribution in [0.2, 0.25) is 0 Å². The van der Waals surface area contributed by atoms with E-state index in [0.29, 0.717) is 34.2 Å². The minimum absolute atomic E-state index is 0.639. The summed E-state index contributed by atoms with van der Waals surface area (Å²) < 4.78 is 19.0. The molecular weight excluding hydrogens is 1650 g/mol. The number of pyridine rings is 3. The van der Waals surface area contributed by atoms with Crippen molar-refractivity contribution in [1.29, 1.82) is 0 Å². The standard InChI is InChI=1S/2C41H24N4O.C37H22N4O/c1-3-17-33-29(13-1)30-15-5-9-25-10-7-18-34(36(25)30)45(33)28-22-20-27(21-23-28)41-43-38-31-14-2-4-19-35(31)46-40(38)39(44-41)32-16-6-11-26-12-8-24-42-37(26)32;1-3-12-34-31(9-1)32-11-5-7-25-8-6-13-35(37(25)32)45(34)30-18-17-27-23-29(16-15-28(27)24-30)41-43-38(26-19-21-42-22-20-26)40-39(44-41)33-10-2-4-14-36(33)46-40;1-3-14-30-27(11-1)28-13-5-8-23-9-6-15-31(33(23)28)41(30)26-19-17-24(18-20-26)37-39-34(25-10-7-21-38-22-25)36-35(40-37)29-12-2-4-16-32(29)42-36/h2*1-24H;1-22H. The van der Waals surface area contributed by atoms with Crippen LogP contribution in [-0.4, -0.2) is 44.9 Å². The average molecular weight is 1720 g/mol. The van der Waals surface area contributed by atoms with Crippen LogP contribution in [0.4, 0.5) is 51.2 Å². The lowest BCUT2D eigenvalue weighted by molar-refractivity contribution is 0.667. The molecule has 29 rings (SSSR count). The molecule has 0 radical (unpaired) electrons. The number of anilines is 9. The molecule has 0 saturated heterocycles. The van der Waals surface area contributed by atoms with Crippen LogP contribution in [-0.2, 0) is 0 Å². The van der Waals surface area contributed by atoms with E-state index in [0.717, 1.165) is 150 Å². The number of benzene rings is 17. The van der Waals surface area contributed by atoms with Gasteiger partial charge in [-0.3, -0.25) is 15.0 Å². The Kier molecular flexibility index (Phi) is 17.3. The molecule has 26 aromatic rings. The predicted octanol–water partition coefficient (Wildman–Crippen LogP) is 31.4. The molecule has 0 atom stereocenters. The van der Waals surface area contributed by atoms with Gasteiger partial charge in [-0.25, -0.2) is 29.9 Å². The first-order valence-electron chi connectivity index (χ1n) is 44.7. The Morgan fingerprint density at radius 2 is 0.567 bits per heavy atom. The molecule has 0 spiro atoms. The molecule has 0 bridgehead atoms. The van der Waals surface area contributed by atoms with Gasteiger partial charge in [0.2, 0.25) is 0 Å². The van der Waals surface area contributed by atoms with Crippen molar-refractivity contribution >= 4 is 171 Å². The number of aromatic nitrogens is 9. The molecule has 0 fully saturated rings. The van der Waals surface area contributed by atoms with Gasteiger partial charge < -0.3 is 28.0 Å². The van der Waals surface area contributed by atoms with Crippen LogP contribution in [0.5, 0.6) is 0 Å². The van der Waals surface area contributed by atoms with E-state index in [9.17, 15) is 0 Å². The van der Waals surface area contributed by atoms with Crippen LogP contribution < -0.4 is 14.7 Å². The van der Waals surface area contributed by atoms with Crippen molar-refractivity contribution in [2.45, 2.75) is 0 Å². The second-order valence-electron chi connectivity index (χ2n) is 33.8. The molecule has 15 nitrogen and oxygen atoms in total. The van der Waals surface area contributed by atoms with Gasteiger partial charge in [0, 0.05) is 136 Å². The van der Waals surface area contributed by atoms with Crippen molar-refractivity contribution < 1.29 is 13.3 Å². The highest BCUT2D eigenvalue weighted by atomic mass is 16.3. The highest BCUT2D eigenvalue weighted by Gasteiger charge is 2.32. The number of para-hydroxylation sites is 7. The summed E-state index contributed by atoms with van der Waals surface area (Å²) in [6.45, 7) is 0. The first-order valence-corrected chi connectivity index (χ1v) is 44.7. The Morgan fingerprint density at radius 1 is 0.201 bits per heavy atom. The van der Waals surface area contributed by atoms with Crippen molar-refractivity contribution in [3.8, 4) is 101 Å². The van der Waals surface area contributed by atoms with Crippen molar-refractivity contribution in [2.24, 2.45) is 0 Å². The van der Waals surface area contributed by atoms with E-state index in [1.165, 1.54) is 88.4 Å². The van der Waals surface area contributed by atoms with Crippen LogP contribution >= 0.6 is 0 Å². The summed E-state index contributed by atoms with van der Waals surface area (Å²) in [5.41, 5.74) is 33.3. The summed E-state index contributed by atoms with van der Waals surface area (Å²) in [6.07, 6.45) is 8.95. The van der Waals surface area contributed by atoms with Crippen LogP contribution in [0.15, 0.2) is 439 Å². The maximum absolute atomic E-state index is 6.41. The monoisotopic (exact) mass is 1710 g/mol. The Labute approximate surface area is 765 Å². The third-order valence-corrected chi connectivity index (χ3v) is 26.2. The normalized spacial score (nSPS) is 12.3. The molecule has 3 aliphatic heterocycles. The summed E-state index contributed by atoms with van der Waals surface area (Å²) in [5.74, 6) is 1.94.